The highest BCUT2D eigenvalue weighted by molar-refractivity contribution is 8.00. The molecule has 0 saturated heterocycles. The fourth-order valence-electron chi connectivity index (χ4n) is 6.09. The summed E-state index contributed by atoms with van der Waals surface area (Å²) in [6.45, 7) is 0. The molecule has 3 atom stereocenters. The fraction of sp³-hybridized carbons (Fsp3) is 0.273. The molecule has 3 aromatic rings. The van der Waals surface area contributed by atoms with Gasteiger partial charge in [0.1, 0.15) is 5.69 Å². The van der Waals surface area contributed by atoms with E-state index in [0.717, 1.165) is 23.7 Å². The minimum absolute atomic E-state index is 0.438. The third-order valence-corrected chi connectivity index (χ3v) is 11.4. The molecule has 2 aliphatic carbocycles. The van der Waals surface area contributed by atoms with E-state index in [1.165, 1.54) is 66.8 Å². The summed E-state index contributed by atoms with van der Waals surface area (Å²) in [7, 11) is 4.42. The normalized spacial score (nSPS) is 25.7. The molecule has 0 spiro atoms. The molecular weight excluding hydrogens is 537 g/mol. The molecule has 0 radical (unpaired) electrons. The zero-order valence-corrected chi connectivity index (χ0v) is 25.0. The maximum absolute atomic E-state index is 6.31. The summed E-state index contributed by atoms with van der Waals surface area (Å²) in [5.41, 5.74) is 8.15. The molecule has 198 valence electrons. The number of ether oxygens (including phenoxy) is 1. The van der Waals surface area contributed by atoms with Crippen LogP contribution >= 0.6 is 34.9 Å². The Bertz CT molecular complexity index is 1550. The number of fused-ring (bicyclic) bond motifs is 3. The minimum Gasteiger partial charge on any atom is -0.439 e. The van der Waals surface area contributed by atoms with Crippen LogP contribution in [-0.2, 0) is 0 Å². The molecule has 6 heteroatoms. The molecule has 0 bridgehead atoms. The van der Waals surface area contributed by atoms with Gasteiger partial charge in [0.25, 0.3) is 0 Å². The van der Waals surface area contributed by atoms with Crippen molar-refractivity contribution in [2.45, 2.75) is 40.8 Å². The van der Waals surface area contributed by atoms with E-state index in [1.807, 2.05) is 23.5 Å². The Hall–Kier alpha value is -2.64. The van der Waals surface area contributed by atoms with Gasteiger partial charge in [0, 0.05) is 29.0 Å². The van der Waals surface area contributed by atoms with E-state index in [1.54, 1.807) is 11.3 Å². The van der Waals surface area contributed by atoms with E-state index in [9.17, 15) is 0 Å². The average Bonchev–Trinajstić information content (AvgIpc) is 3.67. The van der Waals surface area contributed by atoms with E-state index >= 15 is 0 Å². The molecule has 2 aromatic carbocycles. The van der Waals surface area contributed by atoms with Crippen LogP contribution in [0.5, 0.6) is 5.75 Å². The highest BCUT2D eigenvalue weighted by atomic mass is 32.2. The quantitative estimate of drug-likeness (QED) is 0.320. The number of allylic oxidation sites excluding steroid dienone is 6. The van der Waals surface area contributed by atoms with Crippen molar-refractivity contribution in [3.05, 3.63) is 101 Å². The Balaban J connectivity index is 1.11. The Kier molecular flexibility index (Phi) is 6.76. The molecule has 3 heterocycles. The highest BCUT2D eigenvalue weighted by Gasteiger charge is 2.32. The fourth-order valence-corrected chi connectivity index (χ4v) is 8.70. The standard InChI is InChI=1S/C33H32N2OS3/c1-34-28-19-24(30-5-4-14-38-30)10-13-29(28)36-32(34)17-21-6-8-23-9-7-22(16-25(23)15-21)18-33-35(2)27-12-11-26(37-3)20-31(27)39-33/h4-5,10-20,23,33H,6-9H2,1-3H3/p+1/b22-18+,32-17-. The number of hydrogen-bond donors (Lipinski definition) is 1. The predicted octanol–water partition coefficient (Wildman–Crippen LogP) is 8.07. The summed E-state index contributed by atoms with van der Waals surface area (Å²) in [6.07, 6.45) is 16.6. The van der Waals surface area contributed by atoms with Crippen molar-refractivity contribution in [3.63, 3.8) is 0 Å². The van der Waals surface area contributed by atoms with Crippen LogP contribution in [0.25, 0.3) is 10.4 Å². The number of anilines is 1. The van der Waals surface area contributed by atoms with Gasteiger partial charge < -0.3 is 9.64 Å². The lowest BCUT2D eigenvalue weighted by Crippen LogP contribution is -3.05. The van der Waals surface area contributed by atoms with Crippen LogP contribution in [0.1, 0.15) is 25.7 Å². The van der Waals surface area contributed by atoms with Crippen LogP contribution in [0, 0.1) is 5.92 Å². The number of rotatable bonds is 4. The van der Waals surface area contributed by atoms with Crippen molar-refractivity contribution in [3.8, 4) is 16.2 Å². The zero-order valence-electron chi connectivity index (χ0n) is 22.6. The van der Waals surface area contributed by atoms with Crippen LogP contribution in [0.3, 0.4) is 0 Å². The maximum atomic E-state index is 6.31. The number of nitrogens with zero attached hydrogens (tertiary/aromatic N) is 1. The largest absolute Gasteiger partial charge is 0.439 e. The number of thioether (sulfide) groups is 2. The topological polar surface area (TPSA) is 16.9 Å². The predicted molar refractivity (Wildman–Crippen MR) is 167 cm³/mol. The van der Waals surface area contributed by atoms with Gasteiger partial charge in [-0.1, -0.05) is 30.0 Å². The van der Waals surface area contributed by atoms with Crippen LogP contribution in [-0.4, -0.2) is 25.7 Å². The smallest absolute Gasteiger partial charge is 0.200 e. The van der Waals surface area contributed by atoms with Crippen molar-refractivity contribution < 1.29 is 9.64 Å². The lowest BCUT2D eigenvalue weighted by Gasteiger charge is -2.29. The van der Waals surface area contributed by atoms with Crippen molar-refractivity contribution in [1.29, 1.82) is 0 Å². The average molecular weight is 570 g/mol. The van der Waals surface area contributed by atoms with Crippen molar-refractivity contribution in [1.82, 2.24) is 0 Å². The highest BCUT2D eigenvalue weighted by Crippen LogP contribution is 2.44. The van der Waals surface area contributed by atoms with Gasteiger partial charge in [-0.2, -0.15) is 0 Å². The van der Waals surface area contributed by atoms with E-state index in [0.29, 0.717) is 11.3 Å². The Morgan fingerprint density at radius 1 is 1.08 bits per heavy atom. The molecule has 7 rings (SSSR count). The summed E-state index contributed by atoms with van der Waals surface area (Å²) >= 11 is 5.61. The summed E-state index contributed by atoms with van der Waals surface area (Å²) in [4.78, 5) is 7.74. The molecule has 0 amide bonds. The van der Waals surface area contributed by atoms with E-state index in [-0.39, 0.29) is 0 Å². The van der Waals surface area contributed by atoms with Crippen LogP contribution in [0.15, 0.2) is 111 Å². The Labute approximate surface area is 243 Å². The van der Waals surface area contributed by atoms with Gasteiger partial charge in [-0.3, -0.25) is 4.90 Å². The van der Waals surface area contributed by atoms with E-state index in [4.69, 9.17) is 4.74 Å². The first-order valence-electron chi connectivity index (χ1n) is 13.7. The monoisotopic (exact) mass is 569 g/mol. The summed E-state index contributed by atoms with van der Waals surface area (Å²) in [5, 5.41) is 2.57. The molecule has 0 saturated carbocycles. The summed E-state index contributed by atoms with van der Waals surface area (Å²) < 4.78 is 6.31. The van der Waals surface area contributed by atoms with E-state index in [2.05, 4.69) is 103 Å². The molecule has 39 heavy (non-hydrogen) atoms. The molecule has 1 aromatic heterocycles. The van der Waals surface area contributed by atoms with Gasteiger partial charge in [-0.05, 0) is 108 Å². The van der Waals surface area contributed by atoms with Gasteiger partial charge in [-0.25, -0.2) is 0 Å². The SMILES string of the molecule is CSc1ccc2c(c1)SC(/C=C1/C=C3C=C(/C=C4\Oc5ccc(-c6cccs6)cc5N4C)CCC3CC1)[NH+]2C. The van der Waals surface area contributed by atoms with Gasteiger partial charge in [-0.15, -0.1) is 23.1 Å². The van der Waals surface area contributed by atoms with Crippen LogP contribution in [0.2, 0.25) is 0 Å². The molecule has 2 aliphatic heterocycles. The molecule has 1 N–H and O–H groups in total. The first-order chi connectivity index (χ1) is 19.1. The van der Waals surface area contributed by atoms with Crippen molar-refractivity contribution in [2.24, 2.45) is 5.92 Å². The lowest BCUT2D eigenvalue weighted by molar-refractivity contribution is -0.812. The lowest BCUT2D eigenvalue weighted by atomic mass is 9.77. The van der Waals surface area contributed by atoms with Gasteiger partial charge in [0.2, 0.25) is 5.88 Å². The molecule has 3 unspecified atom stereocenters. The first kappa shape index (κ1) is 25.3. The van der Waals surface area contributed by atoms with Gasteiger partial charge in [0.05, 0.1) is 17.6 Å². The number of nitrogens with one attached hydrogen (secondary N) is 1. The molecule has 3 nitrogen and oxygen atoms in total. The second kappa shape index (κ2) is 10.4. The Morgan fingerprint density at radius 2 is 1.97 bits per heavy atom. The summed E-state index contributed by atoms with van der Waals surface area (Å²) in [5.74, 6) is 2.53. The summed E-state index contributed by atoms with van der Waals surface area (Å²) in [6, 6.07) is 17.7. The van der Waals surface area contributed by atoms with Gasteiger partial charge >= 0.3 is 0 Å². The van der Waals surface area contributed by atoms with E-state index < -0.39 is 0 Å². The Morgan fingerprint density at radius 3 is 2.82 bits per heavy atom. The molecular formula is C33H33N2OS3+. The second-order valence-corrected chi connectivity index (χ2v) is 13.8. The maximum Gasteiger partial charge on any atom is 0.200 e. The minimum atomic E-state index is 0.438. The third-order valence-electron chi connectivity index (χ3n) is 8.38. The second-order valence-electron chi connectivity index (χ2n) is 10.8. The number of hydrogen-bond acceptors (Lipinski definition) is 5. The van der Waals surface area contributed by atoms with Gasteiger partial charge in [0.15, 0.2) is 11.1 Å². The van der Waals surface area contributed by atoms with Crippen molar-refractivity contribution in [2.75, 3.05) is 25.3 Å². The number of thiophene rings is 1. The van der Waals surface area contributed by atoms with Crippen molar-refractivity contribution >= 4 is 46.2 Å². The first-order valence-corrected chi connectivity index (χ1v) is 16.7. The van der Waals surface area contributed by atoms with Crippen LogP contribution in [0.4, 0.5) is 11.4 Å². The zero-order chi connectivity index (χ0) is 26.5. The molecule has 4 aliphatic rings. The van der Waals surface area contributed by atoms with Crippen LogP contribution < -0.4 is 14.5 Å². The number of quaternary nitrogens is 1. The third kappa shape index (κ3) is 4.82. The number of likely N-dealkylation sites (N-methyl/N-ethyl adjacent to an activating group) is 1. The number of benzene rings is 2. The molecule has 0 fully saturated rings.